The van der Waals surface area contributed by atoms with Gasteiger partial charge in [0.25, 0.3) is 0 Å². The van der Waals surface area contributed by atoms with Crippen molar-refractivity contribution in [1.29, 1.82) is 0 Å². The van der Waals surface area contributed by atoms with E-state index in [1.807, 2.05) is 11.3 Å². The highest BCUT2D eigenvalue weighted by Crippen LogP contribution is 2.29. The molecule has 0 N–H and O–H groups in total. The minimum absolute atomic E-state index is 0.293. The Morgan fingerprint density at radius 1 is 1.29 bits per heavy atom. The van der Waals surface area contributed by atoms with Gasteiger partial charge >= 0.3 is 0 Å². The van der Waals surface area contributed by atoms with E-state index in [2.05, 4.69) is 52.0 Å². The minimum atomic E-state index is 0.293. The number of unbranched alkanes of at least 4 members (excludes halogenated alkanes) is 1. The predicted molar refractivity (Wildman–Crippen MR) is 67.0 cm³/mol. The maximum Gasteiger partial charge on any atom is 0.0270 e. The Balaban J connectivity index is 2.69. The van der Waals surface area contributed by atoms with Crippen LogP contribution in [0.15, 0.2) is 18.2 Å². The van der Waals surface area contributed by atoms with Crippen LogP contribution in [0.2, 0.25) is 0 Å². The first-order chi connectivity index (χ1) is 6.54. The van der Waals surface area contributed by atoms with Gasteiger partial charge in [-0.25, -0.2) is 0 Å². The van der Waals surface area contributed by atoms with Gasteiger partial charge in [0.2, 0.25) is 0 Å². The number of thiophene rings is 1. The van der Waals surface area contributed by atoms with Gasteiger partial charge in [-0.1, -0.05) is 40.2 Å². The molecule has 1 aromatic rings. The van der Waals surface area contributed by atoms with E-state index in [4.69, 9.17) is 0 Å². The smallest absolute Gasteiger partial charge is 0.0270 e. The van der Waals surface area contributed by atoms with E-state index in [0.29, 0.717) is 5.41 Å². The highest BCUT2D eigenvalue weighted by molar-refractivity contribution is 7.13. The molecular weight excluding hydrogens is 188 g/mol. The molecule has 0 spiro atoms. The second kappa shape index (κ2) is 4.79. The van der Waals surface area contributed by atoms with Crippen LogP contribution in [0.1, 0.15) is 50.3 Å². The molecule has 0 unspecified atom stereocenters. The minimum Gasteiger partial charge on any atom is -0.140 e. The third-order valence-electron chi connectivity index (χ3n) is 2.10. The van der Waals surface area contributed by atoms with E-state index in [1.54, 1.807) is 0 Å². The molecule has 1 heteroatoms. The first-order valence-corrected chi connectivity index (χ1v) is 6.12. The average Bonchev–Trinajstić information content (AvgIpc) is 2.52. The van der Waals surface area contributed by atoms with Crippen molar-refractivity contribution < 1.29 is 0 Å². The molecular formula is C13H20S. The Kier molecular flexibility index (Phi) is 3.94. The summed E-state index contributed by atoms with van der Waals surface area (Å²) in [5.41, 5.74) is 0.293. The van der Waals surface area contributed by atoms with Crippen LogP contribution >= 0.6 is 11.3 Å². The summed E-state index contributed by atoms with van der Waals surface area (Å²) in [6.45, 7) is 8.99. The quantitative estimate of drug-likeness (QED) is 0.665. The van der Waals surface area contributed by atoms with Crippen molar-refractivity contribution >= 4 is 17.4 Å². The molecule has 0 radical (unpaired) electrons. The van der Waals surface area contributed by atoms with Gasteiger partial charge in [0, 0.05) is 9.75 Å². The molecule has 1 aromatic heterocycles. The highest BCUT2D eigenvalue weighted by Gasteiger charge is 2.14. The molecule has 1 rings (SSSR count). The van der Waals surface area contributed by atoms with Gasteiger partial charge in [-0.05, 0) is 30.0 Å². The molecule has 78 valence electrons. The third-order valence-corrected chi connectivity index (χ3v) is 3.58. The lowest BCUT2D eigenvalue weighted by molar-refractivity contribution is 0.604. The molecule has 0 aliphatic heterocycles. The van der Waals surface area contributed by atoms with Crippen LogP contribution in [-0.4, -0.2) is 0 Å². The Labute approximate surface area is 91.7 Å². The van der Waals surface area contributed by atoms with E-state index in [9.17, 15) is 0 Å². The van der Waals surface area contributed by atoms with Crippen LogP contribution in [0.5, 0.6) is 0 Å². The molecule has 14 heavy (non-hydrogen) atoms. The monoisotopic (exact) mass is 208 g/mol. The topological polar surface area (TPSA) is 0 Å². The average molecular weight is 208 g/mol. The SMILES string of the molecule is CCC/C=C/c1ccc(C(C)(C)C)s1. The first-order valence-electron chi connectivity index (χ1n) is 5.31. The van der Waals surface area contributed by atoms with Crippen LogP contribution in [-0.2, 0) is 5.41 Å². The zero-order chi connectivity index (χ0) is 10.6. The molecule has 0 nitrogen and oxygen atoms in total. The second-order valence-electron chi connectivity index (χ2n) is 4.64. The van der Waals surface area contributed by atoms with Crippen molar-refractivity contribution in [2.24, 2.45) is 0 Å². The van der Waals surface area contributed by atoms with Crippen molar-refractivity contribution in [3.8, 4) is 0 Å². The summed E-state index contributed by atoms with van der Waals surface area (Å²) in [5, 5.41) is 0. The maximum absolute atomic E-state index is 2.26. The summed E-state index contributed by atoms with van der Waals surface area (Å²) in [4.78, 5) is 2.84. The fraction of sp³-hybridized carbons (Fsp3) is 0.538. The van der Waals surface area contributed by atoms with Gasteiger partial charge in [-0.3, -0.25) is 0 Å². The molecule has 1 heterocycles. The summed E-state index contributed by atoms with van der Waals surface area (Å²) in [7, 11) is 0. The summed E-state index contributed by atoms with van der Waals surface area (Å²) in [6.07, 6.45) is 6.92. The van der Waals surface area contributed by atoms with Crippen molar-refractivity contribution in [3.05, 3.63) is 28.0 Å². The van der Waals surface area contributed by atoms with Gasteiger partial charge in [-0.2, -0.15) is 0 Å². The third kappa shape index (κ3) is 3.30. The van der Waals surface area contributed by atoms with Crippen molar-refractivity contribution in [2.45, 2.75) is 46.0 Å². The molecule has 0 aromatic carbocycles. The summed E-state index contributed by atoms with van der Waals surface area (Å²) >= 11 is 1.90. The Bertz CT molecular complexity index is 299. The molecule has 0 aliphatic carbocycles. The normalized spacial score (nSPS) is 12.6. The molecule has 0 fully saturated rings. The summed E-state index contributed by atoms with van der Waals surface area (Å²) < 4.78 is 0. The zero-order valence-corrected chi connectivity index (χ0v) is 10.4. The van der Waals surface area contributed by atoms with E-state index < -0.39 is 0 Å². The summed E-state index contributed by atoms with van der Waals surface area (Å²) in [6, 6.07) is 4.47. The Hall–Kier alpha value is -0.560. The largest absolute Gasteiger partial charge is 0.140 e. The lowest BCUT2D eigenvalue weighted by Crippen LogP contribution is -2.07. The molecule has 0 saturated heterocycles. The van der Waals surface area contributed by atoms with Crippen molar-refractivity contribution in [2.75, 3.05) is 0 Å². The Morgan fingerprint density at radius 3 is 2.50 bits per heavy atom. The molecule has 0 atom stereocenters. The fourth-order valence-corrected chi connectivity index (χ4v) is 2.21. The number of hydrogen-bond acceptors (Lipinski definition) is 1. The number of allylic oxidation sites excluding steroid dienone is 1. The maximum atomic E-state index is 2.26. The van der Waals surface area contributed by atoms with E-state index in [-0.39, 0.29) is 0 Å². The number of rotatable bonds is 3. The van der Waals surface area contributed by atoms with Gasteiger partial charge < -0.3 is 0 Å². The fourth-order valence-electron chi connectivity index (χ4n) is 1.21. The molecule has 0 saturated carbocycles. The van der Waals surface area contributed by atoms with Crippen molar-refractivity contribution in [3.63, 3.8) is 0 Å². The predicted octanol–water partition coefficient (Wildman–Crippen LogP) is 4.86. The van der Waals surface area contributed by atoms with E-state index in [1.165, 1.54) is 22.6 Å². The summed E-state index contributed by atoms with van der Waals surface area (Å²) in [5.74, 6) is 0. The second-order valence-corrected chi connectivity index (χ2v) is 5.76. The zero-order valence-electron chi connectivity index (χ0n) is 9.63. The van der Waals surface area contributed by atoms with Crippen LogP contribution < -0.4 is 0 Å². The van der Waals surface area contributed by atoms with Gasteiger partial charge in [0.05, 0.1) is 0 Å². The van der Waals surface area contributed by atoms with Gasteiger partial charge in [0.1, 0.15) is 0 Å². The van der Waals surface area contributed by atoms with Gasteiger partial charge in [-0.15, -0.1) is 11.3 Å². The lowest BCUT2D eigenvalue weighted by atomic mass is 9.95. The molecule has 0 amide bonds. The lowest BCUT2D eigenvalue weighted by Gasteiger charge is -2.15. The first kappa shape index (κ1) is 11.5. The Morgan fingerprint density at radius 2 is 2.00 bits per heavy atom. The number of hydrogen-bond donors (Lipinski definition) is 0. The standard InChI is InChI=1S/C13H20S/c1-5-6-7-8-11-9-10-12(14-11)13(2,3)4/h7-10H,5-6H2,1-4H3/b8-7+. The van der Waals surface area contributed by atoms with Gasteiger partial charge in [0.15, 0.2) is 0 Å². The van der Waals surface area contributed by atoms with Crippen molar-refractivity contribution in [1.82, 2.24) is 0 Å². The molecule has 0 bridgehead atoms. The van der Waals surface area contributed by atoms with E-state index in [0.717, 1.165) is 0 Å². The van der Waals surface area contributed by atoms with Crippen LogP contribution in [0, 0.1) is 0 Å². The van der Waals surface area contributed by atoms with Crippen LogP contribution in [0.4, 0.5) is 0 Å². The van der Waals surface area contributed by atoms with Crippen LogP contribution in [0.3, 0.4) is 0 Å². The highest BCUT2D eigenvalue weighted by atomic mass is 32.1. The van der Waals surface area contributed by atoms with E-state index >= 15 is 0 Å². The molecule has 0 aliphatic rings. The van der Waals surface area contributed by atoms with Crippen LogP contribution in [0.25, 0.3) is 6.08 Å².